The third-order valence-corrected chi connectivity index (χ3v) is 2.83. The molecule has 1 N–H and O–H groups in total. The Morgan fingerprint density at radius 2 is 2.29 bits per heavy atom. The van der Waals surface area contributed by atoms with Crippen LogP contribution in [0.1, 0.15) is 33.6 Å². The normalized spacial score (nSPS) is 22.9. The van der Waals surface area contributed by atoms with Crippen LogP contribution in [0.3, 0.4) is 0 Å². The van der Waals surface area contributed by atoms with E-state index in [9.17, 15) is 4.79 Å². The van der Waals surface area contributed by atoms with Crippen LogP contribution < -0.4 is 5.32 Å². The van der Waals surface area contributed by atoms with Crippen LogP contribution in [0.4, 0.5) is 0 Å². The molecule has 1 rings (SSSR count). The second-order valence-corrected chi connectivity index (χ2v) is 4.39. The molecule has 1 atom stereocenters. The van der Waals surface area contributed by atoms with Crippen molar-refractivity contribution in [3.8, 4) is 0 Å². The summed E-state index contributed by atoms with van der Waals surface area (Å²) in [6, 6.07) is 0.476. The molecule has 0 aromatic rings. The first-order chi connectivity index (χ1) is 6.65. The average Bonchev–Trinajstić information content (AvgIpc) is 2.18. The molecule has 82 valence electrons. The molecular weight excluding hydrogens is 176 g/mol. The Bertz CT molecular complexity index is 192. The fourth-order valence-corrected chi connectivity index (χ4v) is 1.82. The van der Waals surface area contributed by atoms with Crippen molar-refractivity contribution >= 4 is 5.91 Å². The zero-order valence-corrected chi connectivity index (χ0v) is 9.55. The van der Waals surface area contributed by atoms with Crippen molar-refractivity contribution in [3.05, 3.63) is 0 Å². The minimum atomic E-state index is 0.319. The van der Waals surface area contributed by atoms with Crippen LogP contribution in [0, 0.1) is 5.92 Å². The first-order valence-electron chi connectivity index (χ1n) is 5.66. The molecule has 0 spiro atoms. The number of carbonyl (C=O) groups excluding carboxylic acids is 1. The topological polar surface area (TPSA) is 32.3 Å². The predicted octanol–water partition coefficient (Wildman–Crippen LogP) is 1.24. The van der Waals surface area contributed by atoms with Gasteiger partial charge < -0.3 is 10.2 Å². The van der Waals surface area contributed by atoms with Gasteiger partial charge in [-0.3, -0.25) is 4.79 Å². The van der Waals surface area contributed by atoms with E-state index in [1.165, 1.54) is 0 Å². The fourth-order valence-electron chi connectivity index (χ4n) is 1.82. The van der Waals surface area contributed by atoms with E-state index in [1.54, 1.807) is 0 Å². The second kappa shape index (κ2) is 5.35. The molecule has 1 heterocycles. The monoisotopic (exact) mass is 198 g/mol. The van der Waals surface area contributed by atoms with Gasteiger partial charge in [0.15, 0.2) is 0 Å². The summed E-state index contributed by atoms with van der Waals surface area (Å²) in [6.45, 7) is 9.16. The van der Waals surface area contributed by atoms with E-state index >= 15 is 0 Å². The van der Waals surface area contributed by atoms with Crippen LogP contribution in [-0.4, -0.2) is 36.5 Å². The highest BCUT2D eigenvalue weighted by molar-refractivity contribution is 5.76. The minimum Gasteiger partial charge on any atom is -0.340 e. The van der Waals surface area contributed by atoms with Crippen LogP contribution in [0.15, 0.2) is 0 Å². The molecular formula is C11H22N2O. The smallest absolute Gasteiger partial charge is 0.222 e. The van der Waals surface area contributed by atoms with Gasteiger partial charge >= 0.3 is 0 Å². The maximum atomic E-state index is 11.7. The SMILES string of the molecule is CCCC(=O)N1CCNC(C(C)C)C1. The van der Waals surface area contributed by atoms with Crippen LogP contribution in [0.25, 0.3) is 0 Å². The lowest BCUT2D eigenvalue weighted by atomic mass is 10.0. The molecule has 3 nitrogen and oxygen atoms in total. The molecule has 14 heavy (non-hydrogen) atoms. The summed E-state index contributed by atoms with van der Waals surface area (Å²) in [6.07, 6.45) is 1.65. The molecule has 0 aromatic heterocycles. The van der Waals surface area contributed by atoms with E-state index in [1.807, 2.05) is 4.90 Å². The van der Waals surface area contributed by atoms with Gasteiger partial charge in [-0.15, -0.1) is 0 Å². The van der Waals surface area contributed by atoms with Crippen molar-refractivity contribution in [1.29, 1.82) is 0 Å². The van der Waals surface area contributed by atoms with Gasteiger partial charge in [0.05, 0.1) is 0 Å². The molecule has 0 saturated carbocycles. The van der Waals surface area contributed by atoms with E-state index < -0.39 is 0 Å². The third kappa shape index (κ3) is 2.98. The van der Waals surface area contributed by atoms with Crippen molar-refractivity contribution in [1.82, 2.24) is 10.2 Å². The van der Waals surface area contributed by atoms with Crippen molar-refractivity contribution in [2.24, 2.45) is 5.92 Å². The molecule has 0 radical (unpaired) electrons. The fraction of sp³-hybridized carbons (Fsp3) is 0.909. The van der Waals surface area contributed by atoms with Crippen molar-refractivity contribution < 1.29 is 4.79 Å². The third-order valence-electron chi connectivity index (χ3n) is 2.83. The maximum Gasteiger partial charge on any atom is 0.222 e. The van der Waals surface area contributed by atoms with Gasteiger partial charge in [-0.05, 0) is 12.3 Å². The summed E-state index contributed by atoms with van der Waals surface area (Å²) in [5.74, 6) is 0.923. The molecule has 1 aliphatic rings. The van der Waals surface area contributed by atoms with Gasteiger partial charge in [0, 0.05) is 32.1 Å². The summed E-state index contributed by atoms with van der Waals surface area (Å²) >= 11 is 0. The van der Waals surface area contributed by atoms with Gasteiger partial charge in [0.2, 0.25) is 5.91 Å². The number of hydrogen-bond donors (Lipinski definition) is 1. The molecule has 0 bridgehead atoms. The van der Waals surface area contributed by atoms with Crippen molar-refractivity contribution in [3.63, 3.8) is 0 Å². The lowest BCUT2D eigenvalue weighted by Gasteiger charge is -2.35. The van der Waals surface area contributed by atoms with E-state index in [-0.39, 0.29) is 0 Å². The lowest BCUT2D eigenvalue weighted by molar-refractivity contribution is -0.132. The molecule has 1 unspecified atom stereocenters. The Labute approximate surface area is 86.9 Å². The zero-order valence-electron chi connectivity index (χ0n) is 9.55. The molecule has 0 aromatic carbocycles. The average molecular weight is 198 g/mol. The molecule has 0 aliphatic carbocycles. The first kappa shape index (κ1) is 11.5. The second-order valence-electron chi connectivity index (χ2n) is 4.39. The number of amides is 1. The summed E-state index contributed by atoms with van der Waals surface area (Å²) in [5.41, 5.74) is 0. The number of rotatable bonds is 3. The van der Waals surface area contributed by atoms with Gasteiger partial charge in [-0.25, -0.2) is 0 Å². The summed E-state index contributed by atoms with van der Waals surface area (Å²) in [7, 11) is 0. The van der Waals surface area contributed by atoms with Crippen LogP contribution in [-0.2, 0) is 4.79 Å². The van der Waals surface area contributed by atoms with Gasteiger partial charge in [-0.1, -0.05) is 20.8 Å². The number of hydrogen-bond acceptors (Lipinski definition) is 2. The molecule has 1 amide bonds. The molecule has 1 aliphatic heterocycles. The van der Waals surface area contributed by atoms with Crippen molar-refractivity contribution in [2.45, 2.75) is 39.7 Å². The number of piperazine rings is 1. The highest BCUT2D eigenvalue weighted by Crippen LogP contribution is 2.09. The van der Waals surface area contributed by atoms with Gasteiger partial charge in [0.1, 0.15) is 0 Å². The number of nitrogens with zero attached hydrogens (tertiary/aromatic N) is 1. The Kier molecular flexibility index (Phi) is 4.39. The highest BCUT2D eigenvalue weighted by atomic mass is 16.2. The van der Waals surface area contributed by atoms with E-state index in [2.05, 4.69) is 26.1 Å². The van der Waals surface area contributed by atoms with Gasteiger partial charge in [-0.2, -0.15) is 0 Å². The zero-order chi connectivity index (χ0) is 10.6. The van der Waals surface area contributed by atoms with Gasteiger partial charge in [0.25, 0.3) is 0 Å². The highest BCUT2D eigenvalue weighted by Gasteiger charge is 2.24. The maximum absolute atomic E-state index is 11.7. The Hall–Kier alpha value is -0.570. The van der Waals surface area contributed by atoms with Crippen LogP contribution >= 0.6 is 0 Å². The van der Waals surface area contributed by atoms with E-state index in [0.29, 0.717) is 24.3 Å². The largest absolute Gasteiger partial charge is 0.340 e. The van der Waals surface area contributed by atoms with Crippen LogP contribution in [0.2, 0.25) is 0 Å². The molecule has 1 fully saturated rings. The number of carbonyl (C=O) groups is 1. The van der Waals surface area contributed by atoms with E-state index in [0.717, 1.165) is 26.1 Å². The van der Waals surface area contributed by atoms with E-state index in [4.69, 9.17) is 0 Å². The number of nitrogens with one attached hydrogen (secondary N) is 1. The summed E-state index contributed by atoms with van der Waals surface area (Å²) < 4.78 is 0. The van der Waals surface area contributed by atoms with Crippen molar-refractivity contribution in [2.75, 3.05) is 19.6 Å². The Morgan fingerprint density at radius 1 is 1.57 bits per heavy atom. The standard InChI is InChI=1S/C11H22N2O/c1-4-5-11(14)13-7-6-12-10(8-13)9(2)3/h9-10,12H,4-8H2,1-3H3. The lowest BCUT2D eigenvalue weighted by Crippen LogP contribution is -2.54. The summed E-state index contributed by atoms with van der Waals surface area (Å²) in [4.78, 5) is 13.7. The minimum absolute atomic E-state index is 0.319. The molecule has 3 heteroatoms. The Balaban J connectivity index is 2.43. The van der Waals surface area contributed by atoms with Crippen LogP contribution in [0.5, 0.6) is 0 Å². The molecule has 1 saturated heterocycles. The predicted molar refractivity (Wildman–Crippen MR) is 58.1 cm³/mol. The Morgan fingerprint density at radius 3 is 2.86 bits per heavy atom. The first-order valence-corrected chi connectivity index (χ1v) is 5.66. The quantitative estimate of drug-likeness (QED) is 0.740. The summed E-state index contributed by atoms with van der Waals surface area (Å²) in [5, 5.41) is 3.45.